The number of hydrogen-bond donors (Lipinski definition) is 0. The molecule has 0 heterocycles. The lowest BCUT2D eigenvalue weighted by Crippen LogP contribution is -2.06. The van der Waals surface area contributed by atoms with Crippen molar-refractivity contribution in [1.29, 1.82) is 0 Å². The molecule has 3 nitrogen and oxygen atoms in total. The van der Waals surface area contributed by atoms with Gasteiger partial charge in [-0.2, -0.15) is 0 Å². The summed E-state index contributed by atoms with van der Waals surface area (Å²) in [6.07, 6.45) is 0. The van der Waals surface area contributed by atoms with Crippen LogP contribution in [0, 0.1) is 0 Å². The molecular weight excluding hydrogens is 308 g/mol. The summed E-state index contributed by atoms with van der Waals surface area (Å²) in [7, 11) is 2.92. The van der Waals surface area contributed by atoms with Crippen molar-refractivity contribution in [2.24, 2.45) is 0 Å². The molecule has 0 bridgehead atoms. The predicted octanol–water partition coefficient (Wildman–Crippen LogP) is 3.91. The van der Waals surface area contributed by atoms with Crippen LogP contribution in [-0.4, -0.2) is 20.2 Å². The molecule has 0 amide bonds. The topological polar surface area (TPSA) is 35.5 Å². The molecule has 0 unspecified atom stereocenters. The van der Waals surface area contributed by atoms with Crippen LogP contribution >= 0.6 is 15.9 Å². The minimum atomic E-state index is -0.398. The van der Waals surface area contributed by atoms with Crippen LogP contribution in [0.3, 0.4) is 0 Å². The molecule has 0 saturated heterocycles. The fourth-order valence-corrected chi connectivity index (χ4v) is 2.54. The quantitative estimate of drug-likeness (QED) is 0.804. The number of carbonyl (C=O) groups is 1. The van der Waals surface area contributed by atoms with E-state index in [1.807, 2.05) is 42.5 Å². The third kappa shape index (κ3) is 2.63. The molecule has 0 aliphatic carbocycles. The van der Waals surface area contributed by atoms with Crippen molar-refractivity contribution in [1.82, 2.24) is 0 Å². The van der Waals surface area contributed by atoms with Crippen LogP contribution in [0.15, 0.2) is 46.9 Å². The zero-order valence-electron chi connectivity index (χ0n) is 10.6. The highest BCUT2D eigenvalue weighted by atomic mass is 79.9. The Kier molecular flexibility index (Phi) is 4.22. The average molecular weight is 321 g/mol. The van der Waals surface area contributed by atoms with Crippen LogP contribution in [-0.2, 0) is 4.74 Å². The summed E-state index contributed by atoms with van der Waals surface area (Å²) < 4.78 is 10.7. The number of hydrogen-bond acceptors (Lipinski definition) is 3. The van der Waals surface area contributed by atoms with E-state index in [4.69, 9.17) is 9.47 Å². The summed E-state index contributed by atoms with van der Waals surface area (Å²) >= 11 is 3.41. The number of benzene rings is 2. The van der Waals surface area contributed by atoms with Crippen LogP contribution < -0.4 is 4.74 Å². The molecule has 2 aromatic rings. The lowest BCUT2D eigenvalue weighted by molar-refractivity contribution is 0.0600. The van der Waals surface area contributed by atoms with Gasteiger partial charge in [0.1, 0.15) is 5.75 Å². The van der Waals surface area contributed by atoms with Gasteiger partial charge in [-0.3, -0.25) is 0 Å². The first kappa shape index (κ1) is 13.6. The summed E-state index contributed by atoms with van der Waals surface area (Å²) in [4.78, 5) is 12.0. The molecular formula is C15H13BrO3. The van der Waals surface area contributed by atoms with Gasteiger partial charge in [-0.05, 0) is 39.2 Å². The maximum atomic E-state index is 12.0. The van der Waals surface area contributed by atoms with Crippen LogP contribution in [0.25, 0.3) is 11.1 Å². The van der Waals surface area contributed by atoms with Crippen LogP contribution in [0.4, 0.5) is 0 Å². The first-order valence-corrected chi connectivity index (χ1v) is 6.48. The fraction of sp³-hybridized carbons (Fsp3) is 0.133. The second-order valence-corrected chi connectivity index (χ2v) is 4.65. The molecule has 98 valence electrons. The minimum absolute atomic E-state index is 0.398. The lowest BCUT2D eigenvalue weighted by Gasteiger charge is -2.13. The van der Waals surface area contributed by atoms with Gasteiger partial charge in [0, 0.05) is 0 Å². The lowest BCUT2D eigenvalue weighted by atomic mass is 9.99. The molecule has 0 aromatic heterocycles. The van der Waals surface area contributed by atoms with E-state index in [0.717, 1.165) is 11.1 Å². The summed E-state index contributed by atoms with van der Waals surface area (Å²) in [5, 5.41) is 0. The van der Waals surface area contributed by atoms with Crippen LogP contribution in [0.1, 0.15) is 10.4 Å². The standard InChI is InChI=1S/C15H13BrO3/c1-18-12-9-8-11(10-6-4-3-5-7-10)13(14(12)16)15(17)19-2/h3-9H,1-2H3. The molecule has 0 aliphatic rings. The Labute approximate surface area is 120 Å². The number of methoxy groups -OCH3 is 2. The predicted molar refractivity (Wildman–Crippen MR) is 77.5 cm³/mol. The maximum Gasteiger partial charge on any atom is 0.339 e. The zero-order valence-corrected chi connectivity index (χ0v) is 12.2. The Morgan fingerprint density at radius 2 is 1.74 bits per heavy atom. The van der Waals surface area contributed by atoms with Gasteiger partial charge < -0.3 is 9.47 Å². The largest absolute Gasteiger partial charge is 0.496 e. The third-order valence-electron chi connectivity index (χ3n) is 2.80. The van der Waals surface area contributed by atoms with E-state index in [1.165, 1.54) is 7.11 Å². The summed E-state index contributed by atoms with van der Waals surface area (Å²) in [6, 6.07) is 13.3. The Morgan fingerprint density at radius 1 is 1.05 bits per heavy atom. The van der Waals surface area contributed by atoms with Gasteiger partial charge in [-0.1, -0.05) is 30.3 Å². The van der Waals surface area contributed by atoms with Gasteiger partial charge in [0.05, 0.1) is 24.3 Å². The highest BCUT2D eigenvalue weighted by Gasteiger charge is 2.20. The second-order valence-electron chi connectivity index (χ2n) is 3.86. The molecule has 2 rings (SSSR count). The number of halogens is 1. The SMILES string of the molecule is COC(=O)c1c(-c2ccccc2)ccc(OC)c1Br. The van der Waals surface area contributed by atoms with Crippen LogP contribution in [0.2, 0.25) is 0 Å². The monoisotopic (exact) mass is 320 g/mol. The van der Waals surface area contributed by atoms with Crippen molar-refractivity contribution >= 4 is 21.9 Å². The molecule has 0 atom stereocenters. The Bertz CT molecular complexity index is 594. The minimum Gasteiger partial charge on any atom is -0.496 e. The van der Waals surface area contributed by atoms with E-state index in [9.17, 15) is 4.79 Å². The average Bonchev–Trinajstić information content (AvgIpc) is 2.47. The van der Waals surface area contributed by atoms with E-state index >= 15 is 0 Å². The molecule has 19 heavy (non-hydrogen) atoms. The maximum absolute atomic E-state index is 12.0. The van der Waals surface area contributed by atoms with Gasteiger partial charge in [-0.15, -0.1) is 0 Å². The van der Waals surface area contributed by atoms with Gasteiger partial charge in [0.15, 0.2) is 0 Å². The van der Waals surface area contributed by atoms with Gasteiger partial charge in [0.2, 0.25) is 0 Å². The van der Waals surface area contributed by atoms with Crippen molar-refractivity contribution in [3.8, 4) is 16.9 Å². The Morgan fingerprint density at radius 3 is 2.32 bits per heavy atom. The van der Waals surface area contributed by atoms with Crippen LogP contribution in [0.5, 0.6) is 5.75 Å². The molecule has 2 aromatic carbocycles. The number of ether oxygens (including phenoxy) is 2. The summed E-state index contributed by atoms with van der Waals surface area (Å²) in [5.41, 5.74) is 2.22. The molecule has 0 spiro atoms. The number of rotatable bonds is 3. The fourth-order valence-electron chi connectivity index (χ4n) is 1.87. The van der Waals surface area contributed by atoms with Crippen molar-refractivity contribution in [2.75, 3.05) is 14.2 Å². The van der Waals surface area contributed by atoms with E-state index < -0.39 is 5.97 Å². The highest BCUT2D eigenvalue weighted by Crippen LogP contribution is 2.36. The smallest absolute Gasteiger partial charge is 0.339 e. The normalized spacial score (nSPS) is 10.1. The van der Waals surface area contributed by atoms with E-state index in [1.54, 1.807) is 7.11 Å². The van der Waals surface area contributed by atoms with E-state index in [-0.39, 0.29) is 0 Å². The van der Waals surface area contributed by atoms with Crippen molar-refractivity contribution < 1.29 is 14.3 Å². The Hall–Kier alpha value is -1.81. The first-order valence-electron chi connectivity index (χ1n) is 5.69. The van der Waals surface area contributed by atoms with Gasteiger partial charge in [-0.25, -0.2) is 4.79 Å². The molecule has 4 heteroatoms. The molecule has 0 fully saturated rings. The highest BCUT2D eigenvalue weighted by molar-refractivity contribution is 9.10. The summed E-state index contributed by atoms with van der Waals surface area (Å²) in [5.74, 6) is 0.199. The first-order chi connectivity index (χ1) is 9.19. The van der Waals surface area contributed by atoms with Gasteiger partial charge >= 0.3 is 5.97 Å². The molecule has 0 N–H and O–H groups in total. The van der Waals surface area contributed by atoms with Gasteiger partial charge in [0.25, 0.3) is 0 Å². The van der Waals surface area contributed by atoms with Crippen molar-refractivity contribution in [2.45, 2.75) is 0 Å². The molecule has 0 saturated carbocycles. The van der Waals surface area contributed by atoms with E-state index in [2.05, 4.69) is 15.9 Å². The number of carbonyl (C=O) groups excluding carboxylic acids is 1. The van der Waals surface area contributed by atoms with E-state index in [0.29, 0.717) is 15.8 Å². The zero-order chi connectivity index (χ0) is 13.8. The Balaban J connectivity index is 2.68. The molecule has 0 aliphatic heterocycles. The number of esters is 1. The third-order valence-corrected chi connectivity index (χ3v) is 3.59. The summed E-state index contributed by atoms with van der Waals surface area (Å²) in [6.45, 7) is 0. The molecule has 0 radical (unpaired) electrons. The van der Waals surface area contributed by atoms with Crippen molar-refractivity contribution in [3.63, 3.8) is 0 Å². The second kappa shape index (κ2) is 5.89. The van der Waals surface area contributed by atoms with Crippen molar-refractivity contribution in [3.05, 3.63) is 52.5 Å².